The Labute approximate surface area is 125 Å². The van der Waals surface area contributed by atoms with E-state index in [0.717, 1.165) is 0 Å². The summed E-state index contributed by atoms with van der Waals surface area (Å²) in [5.74, 6) is -0.942. The molecular weight excluding hydrogens is 299 g/mol. The first-order chi connectivity index (χ1) is 9.45. The maximum absolute atomic E-state index is 12.1. The SMILES string of the molecule is NC(=O)c1cccc(NC(=O)c2cc(Cl)cc(Cl)c2)c1. The lowest BCUT2D eigenvalue weighted by Crippen LogP contribution is -2.14. The third-order valence-electron chi connectivity index (χ3n) is 2.53. The molecular formula is C14H10Cl2N2O2. The van der Waals surface area contributed by atoms with Crippen LogP contribution in [-0.2, 0) is 0 Å². The maximum atomic E-state index is 12.1. The highest BCUT2D eigenvalue weighted by Gasteiger charge is 2.09. The van der Waals surface area contributed by atoms with Gasteiger partial charge in [0.2, 0.25) is 5.91 Å². The van der Waals surface area contributed by atoms with E-state index in [0.29, 0.717) is 26.9 Å². The average molecular weight is 309 g/mol. The molecule has 0 saturated heterocycles. The van der Waals surface area contributed by atoms with Gasteiger partial charge in [-0.15, -0.1) is 0 Å². The Morgan fingerprint density at radius 2 is 1.60 bits per heavy atom. The summed E-state index contributed by atoms with van der Waals surface area (Å²) in [6, 6.07) is 10.9. The van der Waals surface area contributed by atoms with Crippen LogP contribution in [0.3, 0.4) is 0 Å². The summed E-state index contributed by atoms with van der Waals surface area (Å²) in [7, 11) is 0. The van der Waals surface area contributed by atoms with Crippen LogP contribution in [0.25, 0.3) is 0 Å². The number of benzene rings is 2. The van der Waals surface area contributed by atoms with E-state index in [9.17, 15) is 9.59 Å². The Kier molecular flexibility index (Phi) is 4.27. The van der Waals surface area contributed by atoms with Gasteiger partial charge < -0.3 is 11.1 Å². The topological polar surface area (TPSA) is 72.2 Å². The average Bonchev–Trinajstić information content (AvgIpc) is 2.37. The molecule has 0 aliphatic carbocycles. The molecule has 4 nitrogen and oxygen atoms in total. The van der Waals surface area contributed by atoms with Crippen molar-refractivity contribution in [2.24, 2.45) is 5.73 Å². The van der Waals surface area contributed by atoms with Crippen LogP contribution < -0.4 is 11.1 Å². The molecule has 3 N–H and O–H groups in total. The molecule has 0 fully saturated rings. The molecule has 0 atom stereocenters. The lowest BCUT2D eigenvalue weighted by atomic mass is 10.1. The van der Waals surface area contributed by atoms with Gasteiger partial charge in [0.05, 0.1) is 0 Å². The van der Waals surface area contributed by atoms with Crippen LogP contribution in [0, 0.1) is 0 Å². The number of nitrogens with two attached hydrogens (primary N) is 1. The van der Waals surface area contributed by atoms with Gasteiger partial charge in [-0.3, -0.25) is 9.59 Å². The van der Waals surface area contributed by atoms with Crippen LogP contribution in [-0.4, -0.2) is 11.8 Å². The van der Waals surface area contributed by atoms with Crippen LogP contribution in [0.2, 0.25) is 10.0 Å². The van der Waals surface area contributed by atoms with E-state index >= 15 is 0 Å². The first-order valence-electron chi connectivity index (χ1n) is 5.63. The monoisotopic (exact) mass is 308 g/mol. The number of primary amides is 1. The minimum atomic E-state index is -0.563. The highest BCUT2D eigenvalue weighted by atomic mass is 35.5. The second-order valence-electron chi connectivity index (χ2n) is 4.06. The zero-order chi connectivity index (χ0) is 14.7. The zero-order valence-electron chi connectivity index (χ0n) is 10.2. The van der Waals surface area contributed by atoms with Crippen LogP contribution in [0.4, 0.5) is 5.69 Å². The predicted molar refractivity (Wildman–Crippen MR) is 79.4 cm³/mol. The number of halogens is 2. The van der Waals surface area contributed by atoms with Crippen molar-refractivity contribution in [3.63, 3.8) is 0 Å². The molecule has 0 aliphatic rings. The molecule has 102 valence electrons. The summed E-state index contributed by atoms with van der Waals surface area (Å²) in [4.78, 5) is 23.1. The van der Waals surface area contributed by atoms with Crippen molar-refractivity contribution >= 4 is 40.7 Å². The van der Waals surface area contributed by atoms with Crippen LogP contribution in [0.1, 0.15) is 20.7 Å². The summed E-state index contributed by atoms with van der Waals surface area (Å²) in [6.07, 6.45) is 0. The van der Waals surface area contributed by atoms with Gasteiger partial charge in [-0.2, -0.15) is 0 Å². The first kappa shape index (κ1) is 14.4. The molecule has 0 saturated carbocycles. The largest absolute Gasteiger partial charge is 0.366 e. The molecule has 2 aromatic rings. The number of carbonyl (C=O) groups is 2. The number of nitrogens with one attached hydrogen (secondary N) is 1. The molecule has 0 heterocycles. The third-order valence-corrected chi connectivity index (χ3v) is 2.97. The molecule has 0 bridgehead atoms. The quantitative estimate of drug-likeness (QED) is 0.912. The van der Waals surface area contributed by atoms with E-state index in [1.165, 1.54) is 24.3 Å². The van der Waals surface area contributed by atoms with Crippen molar-refractivity contribution in [1.29, 1.82) is 0 Å². The van der Waals surface area contributed by atoms with Crippen molar-refractivity contribution in [3.05, 3.63) is 63.6 Å². The van der Waals surface area contributed by atoms with Gasteiger partial charge in [-0.1, -0.05) is 29.3 Å². The second-order valence-corrected chi connectivity index (χ2v) is 4.93. The van der Waals surface area contributed by atoms with E-state index < -0.39 is 5.91 Å². The minimum Gasteiger partial charge on any atom is -0.366 e. The molecule has 0 spiro atoms. The molecule has 2 rings (SSSR count). The number of hydrogen-bond acceptors (Lipinski definition) is 2. The van der Waals surface area contributed by atoms with Crippen molar-refractivity contribution in [3.8, 4) is 0 Å². The number of rotatable bonds is 3. The Balaban J connectivity index is 2.23. The number of hydrogen-bond donors (Lipinski definition) is 2. The number of carbonyl (C=O) groups excluding carboxylic acids is 2. The van der Waals surface area contributed by atoms with E-state index in [1.54, 1.807) is 18.2 Å². The number of amides is 2. The van der Waals surface area contributed by atoms with Gasteiger partial charge in [0.1, 0.15) is 0 Å². The molecule has 2 aromatic carbocycles. The van der Waals surface area contributed by atoms with Crippen LogP contribution in [0.5, 0.6) is 0 Å². The molecule has 6 heteroatoms. The van der Waals surface area contributed by atoms with Crippen molar-refractivity contribution < 1.29 is 9.59 Å². The standard InChI is InChI=1S/C14H10Cl2N2O2/c15-10-4-9(5-11(16)7-10)14(20)18-12-3-1-2-8(6-12)13(17)19/h1-7H,(H2,17,19)(H,18,20). The Hall–Kier alpha value is -2.04. The Morgan fingerprint density at radius 1 is 0.950 bits per heavy atom. The Morgan fingerprint density at radius 3 is 2.20 bits per heavy atom. The van der Waals surface area contributed by atoms with Crippen molar-refractivity contribution in [2.45, 2.75) is 0 Å². The summed E-state index contributed by atoms with van der Waals surface area (Å²) in [5.41, 5.74) is 6.28. The molecule has 0 aliphatic heterocycles. The van der Waals surface area contributed by atoms with Gasteiger partial charge >= 0.3 is 0 Å². The smallest absolute Gasteiger partial charge is 0.255 e. The van der Waals surface area contributed by atoms with Gasteiger partial charge in [-0.05, 0) is 36.4 Å². The van der Waals surface area contributed by atoms with E-state index in [-0.39, 0.29) is 5.91 Å². The van der Waals surface area contributed by atoms with Gasteiger partial charge in [0.25, 0.3) is 5.91 Å². The summed E-state index contributed by atoms with van der Waals surface area (Å²) >= 11 is 11.7. The summed E-state index contributed by atoms with van der Waals surface area (Å²) < 4.78 is 0. The maximum Gasteiger partial charge on any atom is 0.255 e. The van der Waals surface area contributed by atoms with Gasteiger partial charge in [-0.25, -0.2) is 0 Å². The predicted octanol–water partition coefficient (Wildman–Crippen LogP) is 3.34. The lowest BCUT2D eigenvalue weighted by Gasteiger charge is -2.07. The fourth-order valence-electron chi connectivity index (χ4n) is 1.64. The van der Waals surface area contributed by atoms with Crippen LogP contribution >= 0.6 is 23.2 Å². The van der Waals surface area contributed by atoms with Crippen LogP contribution in [0.15, 0.2) is 42.5 Å². The van der Waals surface area contributed by atoms with E-state index in [4.69, 9.17) is 28.9 Å². The molecule has 2 amide bonds. The van der Waals surface area contributed by atoms with E-state index in [2.05, 4.69) is 5.32 Å². The fraction of sp³-hybridized carbons (Fsp3) is 0. The van der Waals surface area contributed by atoms with Crippen molar-refractivity contribution in [2.75, 3.05) is 5.32 Å². The molecule has 0 radical (unpaired) electrons. The lowest BCUT2D eigenvalue weighted by molar-refractivity contribution is 0.0996. The molecule has 20 heavy (non-hydrogen) atoms. The highest BCUT2D eigenvalue weighted by Crippen LogP contribution is 2.20. The normalized spacial score (nSPS) is 10.1. The van der Waals surface area contributed by atoms with Gasteiger partial charge in [0.15, 0.2) is 0 Å². The second kappa shape index (κ2) is 5.94. The molecule has 0 unspecified atom stereocenters. The summed E-state index contributed by atoms with van der Waals surface area (Å²) in [5, 5.41) is 3.38. The third kappa shape index (κ3) is 3.50. The summed E-state index contributed by atoms with van der Waals surface area (Å²) in [6.45, 7) is 0. The zero-order valence-corrected chi connectivity index (χ0v) is 11.7. The fourth-order valence-corrected chi connectivity index (χ4v) is 2.16. The van der Waals surface area contributed by atoms with E-state index in [1.807, 2.05) is 0 Å². The highest BCUT2D eigenvalue weighted by molar-refractivity contribution is 6.35. The molecule has 0 aromatic heterocycles. The number of anilines is 1. The van der Waals surface area contributed by atoms with Crippen molar-refractivity contribution in [1.82, 2.24) is 0 Å². The Bertz CT molecular complexity index is 666. The minimum absolute atomic E-state index is 0.312. The van der Waals surface area contributed by atoms with Gasteiger partial charge in [0, 0.05) is 26.9 Å². The first-order valence-corrected chi connectivity index (χ1v) is 6.38.